The van der Waals surface area contributed by atoms with Gasteiger partial charge in [0.05, 0.1) is 12.7 Å². The number of carbonyl (C=O) groups excluding carboxylic acids is 1. The predicted octanol–water partition coefficient (Wildman–Crippen LogP) is 1.39. The van der Waals surface area contributed by atoms with Crippen LogP contribution in [0.3, 0.4) is 0 Å². The van der Waals surface area contributed by atoms with E-state index in [2.05, 4.69) is 4.98 Å². The van der Waals surface area contributed by atoms with E-state index in [4.69, 9.17) is 0 Å². The van der Waals surface area contributed by atoms with Gasteiger partial charge in [-0.2, -0.15) is 0 Å². The zero-order valence-corrected chi connectivity index (χ0v) is 13.2. The number of aliphatic hydroxyl groups is 2. The van der Waals surface area contributed by atoms with Crippen LogP contribution in [0.4, 0.5) is 0 Å². The van der Waals surface area contributed by atoms with Crippen LogP contribution in [-0.2, 0) is 11.2 Å². The van der Waals surface area contributed by atoms with Crippen molar-refractivity contribution in [1.29, 1.82) is 0 Å². The normalized spacial score (nSPS) is 25.2. The Balaban J connectivity index is 1.95. The fourth-order valence-electron chi connectivity index (χ4n) is 3.30. The van der Waals surface area contributed by atoms with Crippen LogP contribution >= 0.6 is 0 Å². The lowest BCUT2D eigenvalue weighted by Crippen LogP contribution is -2.55. The Labute approximate surface area is 132 Å². The van der Waals surface area contributed by atoms with Crippen molar-refractivity contribution < 1.29 is 15.0 Å². The molecule has 0 aliphatic carbocycles. The van der Waals surface area contributed by atoms with Gasteiger partial charge >= 0.3 is 0 Å². The van der Waals surface area contributed by atoms with E-state index in [9.17, 15) is 15.0 Å². The molecule has 0 bridgehead atoms. The second kappa shape index (κ2) is 7.70. The zero-order chi connectivity index (χ0) is 16.0. The standard InChI is InChI=1S/C17H26N2O3/c1-2-8-17(13-20)12-19(10-7-15(17)21)16(22)6-5-14-4-3-9-18-11-14/h3-4,9,11,15,20-21H,2,5-8,10,12-13H2,1H3/t15-,17+/m1/s1. The maximum Gasteiger partial charge on any atom is 0.222 e. The molecule has 0 aromatic carbocycles. The monoisotopic (exact) mass is 306 g/mol. The van der Waals surface area contributed by atoms with Gasteiger partial charge in [0.15, 0.2) is 0 Å². The van der Waals surface area contributed by atoms with Crippen molar-refractivity contribution in [3.63, 3.8) is 0 Å². The summed E-state index contributed by atoms with van der Waals surface area (Å²) in [5.41, 5.74) is 0.492. The number of pyridine rings is 1. The highest BCUT2D eigenvalue weighted by molar-refractivity contribution is 5.76. The van der Waals surface area contributed by atoms with Gasteiger partial charge in [-0.05, 0) is 30.9 Å². The molecule has 1 aromatic rings. The topological polar surface area (TPSA) is 73.7 Å². The highest BCUT2D eigenvalue weighted by Gasteiger charge is 2.42. The van der Waals surface area contributed by atoms with Crippen molar-refractivity contribution in [2.24, 2.45) is 5.41 Å². The van der Waals surface area contributed by atoms with Crippen LogP contribution in [0.2, 0.25) is 0 Å². The minimum absolute atomic E-state index is 0.0750. The molecule has 0 spiro atoms. The minimum Gasteiger partial charge on any atom is -0.396 e. The summed E-state index contributed by atoms with van der Waals surface area (Å²) in [6, 6.07) is 3.84. The Hall–Kier alpha value is -1.46. The number of aromatic nitrogens is 1. The van der Waals surface area contributed by atoms with Crippen LogP contribution in [0, 0.1) is 5.41 Å². The van der Waals surface area contributed by atoms with Crippen molar-refractivity contribution in [1.82, 2.24) is 9.88 Å². The summed E-state index contributed by atoms with van der Waals surface area (Å²) in [6.45, 7) is 2.98. The first-order chi connectivity index (χ1) is 10.6. The molecular weight excluding hydrogens is 280 g/mol. The van der Waals surface area contributed by atoms with Crippen molar-refractivity contribution in [2.75, 3.05) is 19.7 Å². The summed E-state index contributed by atoms with van der Waals surface area (Å²) in [4.78, 5) is 18.3. The van der Waals surface area contributed by atoms with Gasteiger partial charge < -0.3 is 15.1 Å². The van der Waals surface area contributed by atoms with Crippen LogP contribution in [0.15, 0.2) is 24.5 Å². The molecule has 1 amide bonds. The summed E-state index contributed by atoms with van der Waals surface area (Å²) < 4.78 is 0. The largest absolute Gasteiger partial charge is 0.396 e. The fourth-order valence-corrected chi connectivity index (χ4v) is 3.30. The number of amides is 1. The minimum atomic E-state index is -0.559. The average molecular weight is 306 g/mol. The fraction of sp³-hybridized carbons (Fsp3) is 0.647. The van der Waals surface area contributed by atoms with Gasteiger partial charge in [-0.15, -0.1) is 0 Å². The molecule has 2 N–H and O–H groups in total. The van der Waals surface area contributed by atoms with Crippen molar-refractivity contribution >= 4 is 5.91 Å². The van der Waals surface area contributed by atoms with Gasteiger partial charge in [-0.1, -0.05) is 19.4 Å². The molecule has 1 aromatic heterocycles. The first kappa shape index (κ1) is 16.9. The quantitative estimate of drug-likeness (QED) is 0.833. The van der Waals surface area contributed by atoms with Gasteiger partial charge in [0.1, 0.15) is 0 Å². The van der Waals surface area contributed by atoms with Crippen molar-refractivity contribution in [3.05, 3.63) is 30.1 Å². The Morgan fingerprint density at radius 1 is 1.55 bits per heavy atom. The van der Waals surface area contributed by atoms with Crippen LogP contribution in [0.5, 0.6) is 0 Å². The van der Waals surface area contributed by atoms with E-state index < -0.39 is 11.5 Å². The molecule has 2 atom stereocenters. The molecule has 5 heteroatoms. The second-order valence-electron chi connectivity index (χ2n) is 6.25. The highest BCUT2D eigenvalue weighted by atomic mass is 16.3. The zero-order valence-electron chi connectivity index (χ0n) is 13.2. The molecule has 0 saturated carbocycles. The van der Waals surface area contributed by atoms with Crippen LogP contribution in [-0.4, -0.2) is 51.8 Å². The molecule has 122 valence electrons. The number of carbonyl (C=O) groups is 1. The number of hydrogen-bond donors (Lipinski definition) is 2. The van der Waals surface area contributed by atoms with Gasteiger partial charge in [-0.25, -0.2) is 0 Å². The molecule has 22 heavy (non-hydrogen) atoms. The molecule has 5 nitrogen and oxygen atoms in total. The van der Waals surface area contributed by atoms with E-state index in [0.29, 0.717) is 32.4 Å². The average Bonchev–Trinajstić information content (AvgIpc) is 2.56. The molecule has 1 aliphatic heterocycles. The first-order valence-electron chi connectivity index (χ1n) is 8.07. The van der Waals surface area contributed by atoms with Gasteiger partial charge in [0.25, 0.3) is 0 Å². The third kappa shape index (κ3) is 3.84. The van der Waals surface area contributed by atoms with Crippen molar-refractivity contribution in [2.45, 2.75) is 45.1 Å². The molecule has 1 fully saturated rings. The Bertz CT molecular complexity index is 480. The highest BCUT2D eigenvalue weighted by Crippen LogP contribution is 2.34. The van der Waals surface area contributed by atoms with E-state index in [0.717, 1.165) is 18.4 Å². The first-order valence-corrected chi connectivity index (χ1v) is 8.07. The smallest absolute Gasteiger partial charge is 0.222 e. The number of aliphatic hydroxyl groups excluding tert-OH is 2. The van der Waals surface area contributed by atoms with E-state index in [1.165, 1.54) is 0 Å². The number of piperidine rings is 1. The summed E-state index contributed by atoms with van der Waals surface area (Å²) in [5, 5.41) is 20.0. The van der Waals surface area contributed by atoms with Crippen LogP contribution in [0.1, 0.15) is 38.2 Å². The maximum atomic E-state index is 12.4. The third-order valence-corrected chi connectivity index (χ3v) is 4.65. The summed E-state index contributed by atoms with van der Waals surface area (Å²) in [6.07, 6.45) is 6.24. The van der Waals surface area contributed by atoms with Crippen LogP contribution in [0.25, 0.3) is 0 Å². The molecule has 1 aliphatic rings. The molecule has 1 saturated heterocycles. The second-order valence-corrected chi connectivity index (χ2v) is 6.25. The van der Waals surface area contributed by atoms with E-state index in [1.54, 1.807) is 17.3 Å². The Morgan fingerprint density at radius 2 is 2.36 bits per heavy atom. The lowest BCUT2D eigenvalue weighted by Gasteiger charge is -2.45. The summed E-state index contributed by atoms with van der Waals surface area (Å²) >= 11 is 0. The molecule has 2 heterocycles. The van der Waals surface area contributed by atoms with E-state index in [-0.39, 0.29) is 12.5 Å². The van der Waals surface area contributed by atoms with Gasteiger partial charge in [0, 0.05) is 37.3 Å². The molecule has 2 rings (SSSR count). The van der Waals surface area contributed by atoms with Gasteiger partial charge in [-0.3, -0.25) is 9.78 Å². The summed E-state index contributed by atoms with van der Waals surface area (Å²) in [5.74, 6) is 0.0877. The third-order valence-electron chi connectivity index (χ3n) is 4.65. The maximum absolute atomic E-state index is 12.4. The van der Waals surface area contributed by atoms with Crippen LogP contribution < -0.4 is 0 Å². The Morgan fingerprint density at radius 3 is 3.00 bits per heavy atom. The predicted molar refractivity (Wildman–Crippen MR) is 84.2 cm³/mol. The number of nitrogens with zero attached hydrogens (tertiary/aromatic N) is 2. The Kier molecular flexibility index (Phi) is 5.91. The number of aryl methyl sites for hydroxylation is 1. The molecule has 0 unspecified atom stereocenters. The van der Waals surface area contributed by atoms with E-state index >= 15 is 0 Å². The van der Waals surface area contributed by atoms with E-state index in [1.807, 2.05) is 19.1 Å². The summed E-state index contributed by atoms with van der Waals surface area (Å²) in [7, 11) is 0. The molecular formula is C17H26N2O3. The van der Waals surface area contributed by atoms with Gasteiger partial charge in [0.2, 0.25) is 5.91 Å². The molecule has 0 radical (unpaired) electrons. The number of likely N-dealkylation sites (tertiary alicyclic amines) is 1. The number of rotatable bonds is 6. The SMILES string of the molecule is CCC[C@@]1(CO)CN(C(=O)CCc2cccnc2)CC[C@H]1O. The number of hydrogen-bond acceptors (Lipinski definition) is 4. The lowest BCUT2D eigenvalue weighted by atomic mass is 9.74. The van der Waals surface area contributed by atoms with Crippen molar-refractivity contribution in [3.8, 4) is 0 Å². The lowest BCUT2D eigenvalue weighted by molar-refractivity contribution is -0.142.